The number of fused-ring (bicyclic) bond motifs is 3. The van der Waals surface area contributed by atoms with Crippen molar-refractivity contribution in [2.75, 3.05) is 5.32 Å². The smallest absolute Gasteiger partial charge is 0.504 e. The zero-order valence-electron chi connectivity index (χ0n) is 14.1. The van der Waals surface area contributed by atoms with E-state index in [-0.39, 0.29) is 11.5 Å². The molecule has 27 heavy (non-hydrogen) atoms. The van der Waals surface area contributed by atoms with E-state index in [2.05, 4.69) is 5.32 Å². The van der Waals surface area contributed by atoms with Crippen LogP contribution in [0.4, 0.5) is 5.69 Å². The van der Waals surface area contributed by atoms with Crippen LogP contribution < -0.4 is 15.6 Å². The molecular weight excluding hydrogens is 345 g/mol. The molecule has 0 radical (unpaired) electrons. The van der Waals surface area contributed by atoms with Gasteiger partial charge in [-0.1, -0.05) is 18.2 Å². The van der Waals surface area contributed by atoms with Gasteiger partial charge in [0, 0.05) is 16.6 Å². The molecule has 1 aromatic heterocycles. The molecule has 2 N–H and O–H groups in total. The van der Waals surface area contributed by atoms with Gasteiger partial charge in [-0.15, -0.1) is 0 Å². The van der Waals surface area contributed by atoms with E-state index in [4.69, 9.17) is 14.1 Å². The second kappa shape index (κ2) is 6.97. The SMILES string of the molecule is O=C(Nc1ccc2oc(=O)c3ccccc3c2c1)c1ccc(OBO)cc1. The largest absolute Gasteiger partial charge is 0.539 e. The third-order valence-corrected chi connectivity index (χ3v) is 4.22. The predicted octanol–water partition coefficient (Wildman–Crippen LogP) is 2.84. The highest BCUT2D eigenvalue weighted by molar-refractivity contribution is 6.17. The molecule has 4 aromatic rings. The average molecular weight is 359 g/mol. The molecule has 1 amide bonds. The molecule has 0 saturated carbocycles. The minimum Gasteiger partial charge on any atom is -0.539 e. The second-order valence-corrected chi connectivity index (χ2v) is 5.90. The summed E-state index contributed by atoms with van der Waals surface area (Å²) in [6, 6.07) is 18.7. The molecule has 0 unspecified atom stereocenters. The molecule has 0 aliphatic rings. The van der Waals surface area contributed by atoms with E-state index < -0.39 is 7.69 Å². The molecule has 4 rings (SSSR count). The van der Waals surface area contributed by atoms with Gasteiger partial charge in [0.25, 0.3) is 5.91 Å². The van der Waals surface area contributed by atoms with Crippen molar-refractivity contribution in [2.24, 2.45) is 0 Å². The van der Waals surface area contributed by atoms with Crippen molar-refractivity contribution in [3.63, 3.8) is 0 Å². The van der Waals surface area contributed by atoms with Crippen LogP contribution in [0, 0.1) is 0 Å². The Morgan fingerprint density at radius 1 is 0.963 bits per heavy atom. The molecule has 1 heterocycles. The van der Waals surface area contributed by atoms with Gasteiger partial charge in [0.2, 0.25) is 0 Å². The summed E-state index contributed by atoms with van der Waals surface area (Å²) in [5, 5.41) is 13.6. The second-order valence-electron chi connectivity index (χ2n) is 5.90. The lowest BCUT2D eigenvalue weighted by atomic mass is 10.1. The summed E-state index contributed by atoms with van der Waals surface area (Å²) in [7, 11) is -0.424. The van der Waals surface area contributed by atoms with Crippen LogP contribution in [0.1, 0.15) is 10.4 Å². The monoisotopic (exact) mass is 359 g/mol. The van der Waals surface area contributed by atoms with Gasteiger partial charge in [0.1, 0.15) is 11.3 Å². The van der Waals surface area contributed by atoms with Gasteiger partial charge in [-0.05, 0) is 53.9 Å². The van der Waals surface area contributed by atoms with Crippen molar-refractivity contribution >= 4 is 41.0 Å². The molecule has 6 nitrogen and oxygen atoms in total. The minimum absolute atomic E-state index is 0.286. The number of anilines is 1. The Morgan fingerprint density at radius 2 is 1.70 bits per heavy atom. The van der Waals surface area contributed by atoms with Crippen LogP contribution in [-0.2, 0) is 0 Å². The zero-order chi connectivity index (χ0) is 18.8. The topological polar surface area (TPSA) is 88.8 Å². The number of carbonyl (C=O) groups excluding carboxylic acids is 1. The Hall–Kier alpha value is -3.58. The standard InChI is InChI=1S/C20H14BNO5/c23-19(12-5-8-14(9-6-12)27-21-25)22-13-7-10-18-17(11-13)15-3-1-2-4-16(15)20(24)26-18/h1-11,21,25H,(H,22,23). The number of hydrogen-bond acceptors (Lipinski definition) is 5. The highest BCUT2D eigenvalue weighted by Gasteiger charge is 2.10. The number of nitrogens with one attached hydrogen (secondary N) is 1. The molecule has 0 spiro atoms. The van der Waals surface area contributed by atoms with Crippen molar-refractivity contribution < 1.29 is 18.9 Å². The maximum Gasteiger partial charge on any atom is 0.504 e. The Kier molecular flexibility index (Phi) is 4.36. The molecular formula is C20H14BNO5. The van der Waals surface area contributed by atoms with E-state index in [0.29, 0.717) is 28.0 Å². The average Bonchev–Trinajstić information content (AvgIpc) is 2.69. The lowest BCUT2D eigenvalue weighted by molar-refractivity contribution is 0.102. The molecule has 3 aromatic carbocycles. The molecule has 0 saturated heterocycles. The molecule has 132 valence electrons. The van der Waals surface area contributed by atoms with Gasteiger partial charge in [-0.2, -0.15) is 0 Å². The summed E-state index contributed by atoms with van der Waals surface area (Å²) in [6.07, 6.45) is 0. The third-order valence-electron chi connectivity index (χ3n) is 4.22. The summed E-state index contributed by atoms with van der Waals surface area (Å²) in [6.45, 7) is 0. The molecule has 0 atom stereocenters. The fourth-order valence-corrected chi connectivity index (χ4v) is 2.94. The van der Waals surface area contributed by atoms with E-state index in [1.807, 2.05) is 12.1 Å². The molecule has 0 fully saturated rings. The Balaban J connectivity index is 1.68. The van der Waals surface area contributed by atoms with E-state index in [1.54, 1.807) is 54.6 Å². The van der Waals surface area contributed by atoms with Crippen LogP contribution in [0.25, 0.3) is 21.7 Å². The molecule has 0 aliphatic heterocycles. The van der Waals surface area contributed by atoms with Crippen molar-refractivity contribution in [2.45, 2.75) is 0 Å². The van der Waals surface area contributed by atoms with E-state index in [9.17, 15) is 9.59 Å². The Bertz CT molecular complexity index is 1200. The summed E-state index contributed by atoms with van der Waals surface area (Å²) in [4.78, 5) is 24.5. The van der Waals surface area contributed by atoms with Crippen molar-refractivity contribution in [1.29, 1.82) is 0 Å². The fourth-order valence-electron chi connectivity index (χ4n) is 2.94. The van der Waals surface area contributed by atoms with Crippen LogP contribution in [0.15, 0.2) is 75.9 Å². The van der Waals surface area contributed by atoms with Crippen molar-refractivity contribution in [3.05, 3.63) is 82.7 Å². The molecule has 0 bridgehead atoms. The highest BCUT2D eigenvalue weighted by atomic mass is 16.5. The number of carbonyl (C=O) groups is 1. The lowest BCUT2D eigenvalue weighted by Gasteiger charge is -2.08. The van der Waals surface area contributed by atoms with Gasteiger partial charge >= 0.3 is 13.3 Å². The van der Waals surface area contributed by atoms with Gasteiger partial charge in [-0.3, -0.25) is 4.79 Å². The summed E-state index contributed by atoms with van der Waals surface area (Å²) in [5.41, 5.74) is 1.11. The number of rotatable bonds is 4. The predicted molar refractivity (Wildman–Crippen MR) is 104 cm³/mol. The maximum absolute atomic E-state index is 12.5. The Morgan fingerprint density at radius 3 is 2.44 bits per heavy atom. The van der Waals surface area contributed by atoms with Crippen LogP contribution in [-0.4, -0.2) is 18.6 Å². The van der Waals surface area contributed by atoms with E-state index in [0.717, 1.165) is 10.8 Å². The number of benzene rings is 3. The lowest BCUT2D eigenvalue weighted by Crippen LogP contribution is -2.12. The summed E-state index contributed by atoms with van der Waals surface area (Å²) >= 11 is 0. The minimum atomic E-state index is -0.424. The van der Waals surface area contributed by atoms with Gasteiger partial charge < -0.3 is 19.4 Å². The van der Waals surface area contributed by atoms with E-state index >= 15 is 0 Å². The number of amides is 1. The van der Waals surface area contributed by atoms with Gasteiger partial charge in [0.05, 0.1) is 5.39 Å². The highest BCUT2D eigenvalue weighted by Crippen LogP contribution is 2.26. The molecule has 0 aliphatic carbocycles. The first-order valence-electron chi connectivity index (χ1n) is 8.26. The summed E-state index contributed by atoms with van der Waals surface area (Å²) in [5.74, 6) is 0.188. The van der Waals surface area contributed by atoms with Crippen LogP contribution in [0.5, 0.6) is 5.75 Å². The Labute approximate surface area is 154 Å². The van der Waals surface area contributed by atoms with E-state index in [1.165, 1.54) is 0 Å². The fraction of sp³-hybridized carbons (Fsp3) is 0. The zero-order valence-corrected chi connectivity index (χ0v) is 14.1. The first kappa shape index (κ1) is 16.9. The maximum atomic E-state index is 12.5. The first-order chi connectivity index (χ1) is 13.2. The first-order valence-corrected chi connectivity index (χ1v) is 8.26. The third kappa shape index (κ3) is 3.28. The van der Waals surface area contributed by atoms with Gasteiger partial charge in [-0.25, -0.2) is 4.79 Å². The van der Waals surface area contributed by atoms with Crippen LogP contribution in [0.3, 0.4) is 0 Å². The number of hydrogen-bond donors (Lipinski definition) is 2. The normalized spacial score (nSPS) is 10.7. The molecule has 7 heteroatoms. The van der Waals surface area contributed by atoms with Crippen LogP contribution >= 0.6 is 0 Å². The summed E-state index contributed by atoms with van der Waals surface area (Å²) < 4.78 is 10.3. The van der Waals surface area contributed by atoms with Crippen LogP contribution in [0.2, 0.25) is 0 Å². The quantitative estimate of drug-likeness (QED) is 0.332. The van der Waals surface area contributed by atoms with Crippen molar-refractivity contribution in [1.82, 2.24) is 0 Å². The van der Waals surface area contributed by atoms with Crippen molar-refractivity contribution in [3.8, 4) is 5.75 Å². The van der Waals surface area contributed by atoms with Gasteiger partial charge in [0.15, 0.2) is 0 Å².